The molecule has 15 heavy (non-hydrogen) atoms. The van der Waals surface area contributed by atoms with Gasteiger partial charge in [-0.05, 0) is 0 Å². The van der Waals surface area contributed by atoms with E-state index in [0.29, 0.717) is 6.54 Å². The Labute approximate surface area is 85.1 Å². The molecule has 1 aromatic rings. The van der Waals surface area contributed by atoms with Crippen LogP contribution >= 0.6 is 0 Å². The maximum Gasteiger partial charge on any atom is 0.254 e. The van der Waals surface area contributed by atoms with E-state index in [1.807, 2.05) is 0 Å². The Kier molecular flexibility index (Phi) is 2.16. The summed E-state index contributed by atoms with van der Waals surface area (Å²) in [5.41, 5.74) is 10.6. The van der Waals surface area contributed by atoms with Crippen molar-refractivity contribution in [3.8, 4) is 0 Å². The number of amides is 1. The van der Waals surface area contributed by atoms with Gasteiger partial charge >= 0.3 is 0 Å². The summed E-state index contributed by atoms with van der Waals surface area (Å²) in [4.78, 5) is 30.2. The number of nitrogens with zero attached hydrogens (tertiary/aromatic N) is 2. The Bertz CT molecular complexity index is 455. The van der Waals surface area contributed by atoms with E-state index in [9.17, 15) is 9.59 Å². The number of aromatic nitrogens is 2. The van der Waals surface area contributed by atoms with Crippen molar-refractivity contribution in [3.63, 3.8) is 0 Å². The van der Waals surface area contributed by atoms with Gasteiger partial charge in [-0.15, -0.1) is 0 Å². The summed E-state index contributed by atoms with van der Waals surface area (Å²) in [6.45, 7) is 0.352. The third kappa shape index (κ3) is 1.82. The summed E-state index contributed by atoms with van der Waals surface area (Å²) in [5.74, 6) is 0.0937. The number of hydrogen-bond donors (Lipinski definition) is 3. The van der Waals surface area contributed by atoms with Gasteiger partial charge in [-0.1, -0.05) is 0 Å². The van der Waals surface area contributed by atoms with Crippen molar-refractivity contribution in [2.45, 2.75) is 12.5 Å². The molecule has 1 aliphatic rings. The minimum Gasteiger partial charge on any atom is -0.383 e. The lowest BCUT2D eigenvalue weighted by Crippen LogP contribution is -2.31. The Hall–Kier alpha value is -1.89. The number of H-pyrrole nitrogens is 1. The molecule has 7 heteroatoms. The van der Waals surface area contributed by atoms with Crippen LogP contribution in [-0.2, 0) is 4.79 Å². The number of nitrogens with one attached hydrogen (secondary N) is 1. The van der Waals surface area contributed by atoms with Gasteiger partial charge in [0, 0.05) is 25.1 Å². The van der Waals surface area contributed by atoms with Crippen LogP contribution in [-0.4, -0.2) is 28.5 Å². The van der Waals surface area contributed by atoms with Crippen LogP contribution < -0.4 is 21.9 Å². The number of carbonyl (C=O) groups is 1. The molecule has 0 radical (unpaired) electrons. The first kappa shape index (κ1) is 9.66. The first-order chi connectivity index (χ1) is 7.06. The smallest absolute Gasteiger partial charge is 0.254 e. The van der Waals surface area contributed by atoms with Gasteiger partial charge in [0.25, 0.3) is 5.56 Å². The molecule has 1 fully saturated rings. The monoisotopic (exact) mass is 209 g/mol. The van der Waals surface area contributed by atoms with Gasteiger partial charge in [0.05, 0.1) is 0 Å². The quantitative estimate of drug-likeness (QED) is 0.515. The van der Waals surface area contributed by atoms with Crippen molar-refractivity contribution in [2.24, 2.45) is 5.73 Å². The van der Waals surface area contributed by atoms with Gasteiger partial charge in [-0.3, -0.25) is 19.5 Å². The second-order valence-electron chi connectivity index (χ2n) is 3.46. The fourth-order valence-corrected chi connectivity index (χ4v) is 1.53. The molecule has 0 aliphatic carbocycles. The average molecular weight is 209 g/mol. The molecule has 2 rings (SSSR count). The average Bonchev–Trinajstić information content (AvgIpc) is 2.43. The van der Waals surface area contributed by atoms with Crippen LogP contribution in [0.15, 0.2) is 10.9 Å². The molecule has 1 amide bonds. The molecule has 7 nitrogen and oxygen atoms in total. The van der Waals surface area contributed by atoms with Crippen LogP contribution in [0.25, 0.3) is 0 Å². The van der Waals surface area contributed by atoms with E-state index in [4.69, 9.17) is 11.5 Å². The normalized spacial score (nSPS) is 21.0. The molecule has 80 valence electrons. The van der Waals surface area contributed by atoms with E-state index < -0.39 is 0 Å². The predicted octanol–water partition coefficient (Wildman–Crippen LogP) is -1.58. The molecule has 2 heterocycles. The molecule has 1 unspecified atom stereocenters. The molecule has 0 spiro atoms. The van der Waals surface area contributed by atoms with Crippen LogP contribution in [0.2, 0.25) is 0 Å². The number of carbonyl (C=O) groups excluding carboxylic acids is 1. The highest BCUT2D eigenvalue weighted by atomic mass is 16.2. The predicted molar refractivity (Wildman–Crippen MR) is 54.2 cm³/mol. The highest BCUT2D eigenvalue weighted by Gasteiger charge is 2.29. The summed E-state index contributed by atoms with van der Waals surface area (Å²) in [7, 11) is 0. The minimum atomic E-state index is -0.384. The Morgan fingerprint density at radius 3 is 2.80 bits per heavy atom. The maximum atomic E-state index is 11.5. The lowest BCUT2D eigenvalue weighted by atomic mass is 10.3. The topological polar surface area (TPSA) is 118 Å². The summed E-state index contributed by atoms with van der Waals surface area (Å²) in [6.07, 6.45) is 0.262. The summed E-state index contributed by atoms with van der Waals surface area (Å²) < 4.78 is 0. The maximum absolute atomic E-state index is 11.5. The standard InChI is InChI=1S/C8H11N5O2/c9-4-1-7(15)13(3-4)8-11-5(10)2-6(14)12-8/h2,4H,1,3,9H2,(H3,10,11,12,14). The summed E-state index contributed by atoms with van der Waals surface area (Å²) in [6, 6.07) is 0.938. The second-order valence-corrected chi connectivity index (χ2v) is 3.46. The Morgan fingerprint density at radius 1 is 1.53 bits per heavy atom. The minimum absolute atomic E-state index is 0.0852. The molecular weight excluding hydrogens is 198 g/mol. The van der Waals surface area contributed by atoms with E-state index in [2.05, 4.69) is 9.97 Å². The Morgan fingerprint density at radius 2 is 2.27 bits per heavy atom. The van der Waals surface area contributed by atoms with E-state index in [0.717, 1.165) is 6.07 Å². The zero-order valence-electron chi connectivity index (χ0n) is 7.93. The van der Waals surface area contributed by atoms with Gasteiger partial charge in [0.15, 0.2) is 0 Å². The molecular formula is C8H11N5O2. The van der Waals surface area contributed by atoms with Crippen molar-refractivity contribution < 1.29 is 4.79 Å². The van der Waals surface area contributed by atoms with E-state index in [1.165, 1.54) is 4.90 Å². The van der Waals surface area contributed by atoms with Gasteiger partial charge in [-0.25, -0.2) is 0 Å². The number of nitrogens with two attached hydrogens (primary N) is 2. The summed E-state index contributed by atoms with van der Waals surface area (Å²) in [5, 5.41) is 0. The molecule has 1 aromatic heterocycles. The SMILES string of the molecule is Nc1cc(=O)[nH]c(N2CC(N)CC2=O)n1. The first-order valence-electron chi connectivity index (χ1n) is 4.49. The number of rotatable bonds is 1. The fraction of sp³-hybridized carbons (Fsp3) is 0.375. The van der Waals surface area contributed by atoms with Crippen LogP contribution in [0.1, 0.15) is 6.42 Å². The van der Waals surface area contributed by atoms with Crippen molar-refractivity contribution in [3.05, 3.63) is 16.4 Å². The van der Waals surface area contributed by atoms with Gasteiger partial charge in [0.1, 0.15) is 5.82 Å². The number of aromatic amines is 1. The second kappa shape index (κ2) is 3.35. The first-order valence-corrected chi connectivity index (χ1v) is 4.49. The number of anilines is 2. The van der Waals surface area contributed by atoms with E-state index >= 15 is 0 Å². The fourth-order valence-electron chi connectivity index (χ4n) is 1.53. The van der Waals surface area contributed by atoms with Crippen molar-refractivity contribution in [1.29, 1.82) is 0 Å². The molecule has 1 aliphatic heterocycles. The van der Waals surface area contributed by atoms with Crippen molar-refractivity contribution in [2.75, 3.05) is 17.2 Å². The van der Waals surface area contributed by atoms with Crippen LogP contribution in [0.5, 0.6) is 0 Å². The van der Waals surface area contributed by atoms with E-state index in [-0.39, 0.29) is 35.7 Å². The zero-order valence-corrected chi connectivity index (χ0v) is 7.93. The lowest BCUT2D eigenvalue weighted by molar-refractivity contribution is -0.117. The third-order valence-corrected chi connectivity index (χ3v) is 2.16. The Balaban J connectivity index is 2.37. The van der Waals surface area contributed by atoms with Gasteiger partial charge < -0.3 is 11.5 Å². The molecule has 5 N–H and O–H groups in total. The molecule has 1 atom stereocenters. The van der Waals surface area contributed by atoms with Crippen LogP contribution in [0.4, 0.5) is 11.8 Å². The highest BCUT2D eigenvalue weighted by Crippen LogP contribution is 2.15. The van der Waals surface area contributed by atoms with E-state index in [1.54, 1.807) is 0 Å². The van der Waals surface area contributed by atoms with Gasteiger partial charge in [0.2, 0.25) is 11.9 Å². The number of hydrogen-bond acceptors (Lipinski definition) is 5. The largest absolute Gasteiger partial charge is 0.383 e. The zero-order chi connectivity index (χ0) is 11.0. The van der Waals surface area contributed by atoms with Gasteiger partial charge in [-0.2, -0.15) is 4.98 Å². The molecule has 1 saturated heterocycles. The third-order valence-electron chi connectivity index (χ3n) is 2.16. The van der Waals surface area contributed by atoms with Crippen LogP contribution in [0.3, 0.4) is 0 Å². The lowest BCUT2D eigenvalue weighted by Gasteiger charge is -2.13. The number of nitrogen functional groups attached to an aromatic ring is 1. The highest BCUT2D eigenvalue weighted by molar-refractivity contribution is 5.94. The van der Waals surface area contributed by atoms with Crippen molar-refractivity contribution >= 4 is 17.7 Å². The van der Waals surface area contributed by atoms with Crippen LogP contribution in [0, 0.1) is 0 Å². The molecule has 0 saturated carbocycles. The summed E-state index contributed by atoms with van der Waals surface area (Å²) >= 11 is 0. The van der Waals surface area contributed by atoms with Crippen molar-refractivity contribution in [1.82, 2.24) is 9.97 Å². The molecule has 0 aromatic carbocycles. The molecule has 0 bridgehead atoms.